The molecular formula is C24H18N4O5S2. The van der Waals surface area contributed by atoms with Crippen LogP contribution in [0.5, 0.6) is 5.88 Å². The van der Waals surface area contributed by atoms with Crippen molar-refractivity contribution in [3.63, 3.8) is 0 Å². The molecule has 9 nitrogen and oxygen atoms in total. The fraction of sp³-hybridized carbons (Fsp3) is 0.167. The quantitative estimate of drug-likeness (QED) is 0.281. The Balaban J connectivity index is 1.41. The van der Waals surface area contributed by atoms with Crippen molar-refractivity contribution < 1.29 is 24.5 Å². The number of para-hydroxylation sites is 1. The van der Waals surface area contributed by atoms with Gasteiger partial charge in [-0.3, -0.25) is 10.1 Å². The minimum atomic E-state index is -1.49. The number of nitrogens with zero attached hydrogens (tertiary/aromatic N) is 3. The summed E-state index contributed by atoms with van der Waals surface area (Å²) in [6.07, 6.45) is -0.809. The van der Waals surface area contributed by atoms with Gasteiger partial charge in [0.1, 0.15) is 11.5 Å². The molecule has 0 spiro atoms. The number of aromatic nitrogens is 2. The Bertz CT molecular complexity index is 1470. The third kappa shape index (κ3) is 4.81. The highest BCUT2D eigenvalue weighted by atomic mass is 32.1. The van der Waals surface area contributed by atoms with Gasteiger partial charge >= 0.3 is 6.16 Å². The number of nitrogens with one attached hydrogen (secondary N) is 1. The molecule has 176 valence electrons. The lowest BCUT2D eigenvalue weighted by molar-refractivity contribution is 0.102. The highest BCUT2D eigenvalue weighted by Gasteiger charge is 2.26. The first kappa shape index (κ1) is 22.8. The fourth-order valence-corrected chi connectivity index (χ4v) is 5.58. The fourth-order valence-electron chi connectivity index (χ4n) is 3.83. The summed E-state index contributed by atoms with van der Waals surface area (Å²) >= 11 is 2.59. The predicted octanol–water partition coefficient (Wildman–Crippen LogP) is 3.97. The number of fused-ring (bicyclic) bond motifs is 2. The molecule has 0 atom stereocenters. The van der Waals surface area contributed by atoms with E-state index in [4.69, 9.17) is 14.9 Å². The Morgan fingerprint density at radius 3 is 2.80 bits per heavy atom. The summed E-state index contributed by atoms with van der Waals surface area (Å²) in [6.45, 7) is 0.665. The lowest BCUT2D eigenvalue weighted by Crippen LogP contribution is -2.32. The topological polar surface area (TPSA) is 125 Å². The lowest BCUT2D eigenvalue weighted by atomic mass is 9.94. The number of carboxylic acid groups (broad SMARTS) is 1. The number of rotatable bonds is 4. The number of carbonyl (C=O) groups excluding carboxylic acids is 1. The van der Waals surface area contributed by atoms with Crippen LogP contribution in [0.25, 0.3) is 10.2 Å². The molecule has 1 amide bonds. The summed E-state index contributed by atoms with van der Waals surface area (Å²) in [7, 11) is 0. The number of aliphatic hydroxyl groups excluding tert-OH is 1. The van der Waals surface area contributed by atoms with Gasteiger partial charge < -0.3 is 19.8 Å². The molecule has 3 N–H and O–H groups in total. The van der Waals surface area contributed by atoms with Gasteiger partial charge in [0.05, 0.1) is 10.2 Å². The van der Waals surface area contributed by atoms with E-state index in [0.29, 0.717) is 40.2 Å². The standard InChI is InChI=1S/C24H18N4O5S2/c29-12-4-9-19-21(33-24(31)32)27-23(35-19)28-11-10-14-5-3-6-15(16(14)13-28)20(30)26-22-25-17-7-1-2-8-18(17)34-22/h1-3,5-8,29H,10-13H2,(H,31,32)(H,25,26,30). The molecule has 2 aromatic carbocycles. The first-order valence-electron chi connectivity index (χ1n) is 10.6. The van der Waals surface area contributed by atoms with Gasteiger partial charge in [-0.15, -0.1) is 0 Å². The van der Waals surface area contributed by atoms with Crippen molar-refractivity contribution in [2.24, 2.45) is 0 Å². The summed E-state index contributed by atoms with van der Waals surface area (Å²) in [5.41, 5.74) is 3.32. The van der Waals surface area contributed by atoms with Crippen LogP contribution in [0.2, 0.25) is 0 Å². The SMILES string of the molecule is O=C(O)Oc1nc(N2CCc3cccc(C(=O)Nc4nc5ccccc5s4)c3C2)sc1C#CCO. The number of hydrogen-bond donors (Lipinski definition) is 3. The zero-order valence-electron chi connectivity index (χ0n) is 18.1. The maximum absolute atomic E-state index is 13.2. The summed E-state index contributed by atoms with van der Waals surface area (Å²) in [6, 6.07) is 13.3. The van der Waals surface area contributed by atoms with E-state index in [1.54, 1.807) is 6.07 Å². The average Bonchev–Trinajstić information content (AvgIpc) is 3.44. The molecule has 5 rings (SSSR count). The van der Waals surface area contributed by atoms with Crippen molar-refractivity contribution in [2.75, 3.05) is 23.4 Å². The van der Waals surface area contributed by atoms with Crippen molar-refractivity contribution in [2.45, 2.75) is 13.0 Å². The molecule has 0 fully saturated rings. The second kappa shape index (κ2) is 9.71. The number of benzene rings is 2. The molecule has 2 aromatic heterocycles. The molecule has 35 heavy (non-hydrogen) atoms. The molecule has 3 heterocycles. The molecule has 0 saturated heterocycles. The van der Waals surface area contributed by atoms with Crippen LogP contribution in [0.15, 0.2) is 42.5 Å². The van der Waals surface area contributed by atoms with Gasteiger partial charge in [-0.05, 0) is 41.7 Å². The molecule has 1 aliphatic heterocycles. The average molecular weight is 507 g/mol. The van der Waals surface area contributed by atoms with Crippen LogP contribution in [0.3, 0.4) is 0 Å². The number of aliphatic hydroxyl groups is 1. The first-order valence-corrected chi connectivity index (χ1v) is 12.2. The van der Waals surface area contributed by atoms with Gasteiger partial charge in [0.2, 0.25) is 0 Å². The molecule has 0 aliphatic carbocycles. The molecule has 0 unspecified atom stereocenters. The second-order valence-electron chi connectivity index (χ2n) is 7.51. The van der Waals surface area contributed by atoms with Crippen LogP contribution < -0.4 is 15.0 Å². The summed E-state index contributed by atoms with van der Waals surface area (Å²) in [4.78, 5) is 35.3. The number of anilines is 2. The van der Waals surface area contributed by atoms with Gasteiger partial charge in [-0.1, -0.05) is 52.9 Å². The van der Waals surface area contributed by atoms with Crippen LogP contribution in [0, 0.1) is 11.8 Å². The van der Waals surface area contributed by atoms with Crippen molar-refractivity contribution >= 4 is 55.2 Å². The Labute approximate surface area is 207 Å². The van der Waals surface area contributed by atoms with Crippen molar-refractivity contribution in [3.05, 3.63) is 64.0 Å². The van der Waals surface area contributed by atoms with E-state index in [-0.39, 0.29) is 18.4 Å². The van der Waals surface area contributed by atoms with Crippen molar-refractivity contribution in [1.29, 1.82) is 0 Å². The number of hydrogen-bond acceptors (Lipinski definition) is 9. The summed E-state index contributed by atoms with van der Waals surface area (Å²) in [5, 5.41) is 22.0. The number of carbonyl (C=O) groups is 2. The Kier molecular flexibility index (Phi) is 6.33. The van der Waals surface area contributed by atoms with Crippen LogP contribution >= 0.6 is 22.7 Å². The van der Waals surface area contributed by atoms with E-state index < -0.39 is 6.16 Å². The zero-order valence-corrected chi connectivity index (χ0v) is 19.8. The van der Waals surface area contributed by atoms with E-state index in [9.17, 15) is 9.59 Å². The molecule has 0 radical (unpaired) electrons. The van der Waals surface area contributed by atoms with Gasteiger partial charge in [-0.2, -0.15) is 4.98 Å². The van der Waals surface area contributed by atoms with Gasteiger partial charge in [-0.25, -0.2) is 9.78 Å². The normalized spacial score (nSPS) is 12.5. The third-order valence-corrected chi connectivity index (χ3v) is 7.32. The predicted molar refractivity (Wildman–Crippen MR) is 133 cm³/mol. The Morgan fingerprint density at radius 1 is 1.14 bits per heavy atom. The number of ether oxygens (including phenoxy) is 1. The van der Waals surface area contributed by atoms with Gasteiger partial charge in [0, 0.05) is 18.7 Å². The van der Waals surface area contributed by atoms with E-state index in [1.165, 1.54) is 22.7 Å². The number of amides is 1. The third-order valence-electron chi connectivity index (χ3n) is 5.35. The van der Waals surface area contributed by atoms with Crippen molar-refractivity contribution in [3.8, 4) is 17.7 Å². The minimum Gasteiger partial charge on any atom is -0.449 e. The maximum atomic E-state index is 13.2. The zero-order chi connectivity index (χ0) is 24.4. The summed E-state index contributed by atoms with van der Waals surface area (Å²) in [5.74, 6) is 4.82. The van der Waals surface area contributed by atoms with Crippen LogP contribution in [0.1, 0.15) is 26.4 Å². The molecular weight excluding hydrogens is 488 g/mol. The molecule has 1 aliphatic rings. The Morgan fingerprint density at radius 2 is 2.00 bits per heavy atom. The van der Waals surface area contributed by atoms with Crippen LogP contribution in [-0.2, 0) is 13.0 Å². The van der Waals surface area contributed by atoms with Crippen LogP contribution in [-0.4, -0.2) is 45.4 Å². The monoisotopic (exact) mass is 506 g/mol. The van der Waals surface area contributed by atoms with Gasteiger partial charge in [0.15, 0.2) is 10.3 Å². The highest BCUT2D eigenvalue weighted by molar-refractivity contribution is 7.22. The molecule has 4 aromatic rings. The molecule has 0 saturated carbocycles. The molecule has 11 heteroatoms. The lowest BCUT2D eigenvalue weighted by Gasteiger charge is -2.29. The van der Waals surface area contributed by atoms with Crippen LogP contribution in [0.4, 0.5) is 15.1 Å². The Hall–Kier alpha value is -3.98. The molecule has 0 bridgehead atoms. The van der Waals surface area contributed by atoms with E-state index >= 15 is 0 Å². The minimum absolute atomic E-state index is 0.119. The smallest absolute Gasteiger partial charge is 0.449 e. The van der Waals surface area contributed by atoms with E-state index in [2.05, 4.69) is 27.1 Å². The second-order valence-corrected chi connectivity index (χ2v) is 9.52. The number of thiazole rings is 2. The maximum Gasteiger partial charge on any atom is 0.512 e. The van der Waals surface area contributed by atoms with Crippen molar-refractivity contribution in [1.82, 2.24) is 9.97 Å². The largest absolute Gasteiger partial charge is 0.512 e. The summed E-state index contributed by atoms with van der Waals surface area (Å²) < 4.78 is 5.76. The first-order chi connectivity index (χ1) is 17.0. The van der Waals surface area contributed by atoms with E-state index in [0.717, 1.165) is 21.3 Å². The van der Waals surface area contributed by atoms with E-state index in [1.807, 2.05) is 41.3 Å². The van der Waals surface area contributed by atoms with Gasteiger partial charge in [0.25, 0.3) is 11.8 Å². The highest BCUT2D eigenvalue weighted by Crippen LogP contribution is 2.35.